The molecule has 1 rings (SSSR count). The number of nitro benzene ring substituents is 1. The highest BCUT2D eigenvalue weighted by molar-refractivity contribution is 5.95. The fourth-order valence-corrected chi connectivity index (χ4v) is 1.83. The van der Waals surface area contributed by atoms with Gasteiger partial charge in [0, 0.05) is 30.8 Å². The van der Waals surface area contributed by atoms with E-state index < -0.39 is 16.8 Å². The molecule has 0 spiro atoms. The molecule has 0 aliphatic carbocycles. The Morgan fingerprint density at radius 3 is 2.77 bits per heavy atom. The van der Waals surface area contributed by atoms with Crippen LogP contribution in [0.4, 0.5) is 5.69 Å². The summed E-state index contributed by atoms with van der Waals surface area (Å²) in [6.07, 6.45) is 1.59. The maximum Gasteiger partial charge on any atom is 0.307 e. The molecule has 0 radical (unpaired) electrons. The molecule has 1 aromatic rings. The fourth-order valence-electron chi connectivity index (χ4n) is 1.83. The first-order chi connectivity index (χ1) is 10.5. The highest BCUT2D eigenvalue weighted by Crippen LogP contribution is 2.15. The summed E-state index contributed by atoms with van der Waals surface area (Å²) in [6.45, 7) is 5.94. The molecule has 7 heteroatoms. The number of benzene rings is 1. The third-order valence-corrected chi connectivity index (χ3v) is 2.83. The number of amides is 1. The van der Waals surface area contributed by atoms with Gasteiger partial charge in [-0.2, -0.15) is 0 Å². The van der Waals surface area contributed by atoms with Crippen LogP contribution in [0.3, 0.4) is 0 Å². The van der Waals surface area contributed by atoms with Crippen molar-refractivity contribution < 1.29 is 19.2 Å². The third kappa shape index (κ3) is 5.01. The Kier molecular flexibility index (Phi) is 6.75. The molecule has 0 atom stereocenters. The smallest absolute Gasteiger partial charge is 0.307 e. The van der Waals surface area contributed by atoms with Gasteiger partial charge in [0.2, 0.25) is 0 Å². The predicted molar refractivity (Wildman–Crippen MR) is 80.4 cm³/mol. The molecule has 0 aliphatic heterocycles. The van der Waals surface area contributed by atoms with Crippen molar-refractivity contribution in [3.05, 3.63) is 52.6 Å². The second-order valence-corrected chi connectivity index (χ2v) is 4.40. The Balaban J connectivity index is 2.84. The summed E-state index contributed by atoms with van der Waals surface area (Å²) >= 11 is 0. The number of hydrogen-bond acceptors (Lipinski definition) is 5. The van der Waals surface area contributed by atoms with Crippen LogP contribution < -0.4 is 0 Å². The second-order valence-electron chi connectivity index (χ2n) is 4.40. The van der Waals surface area contributed by atoms with Gasteiger partial charge in [-0.1, -0.05) is 12.1 Å². The lowest BCUT2D eigenvalue weighted by Gasteiger charge is -2.20. The fraction of sp³-hybridized carbons (Fsp3) is 0.333. The third-order valence-electron chi connectivity index (χ3n) is 2.83. The Hall–Kier alpha value is -2.70. The Morgan fingerprint density at radius 2 is 2.18 bits per heavy atom. The van der Waals surface area contributed by atoms with E-state index in [4.69, 9.17) is 4.74 Å². The van der Waals surface area contributed by atoms with Crippen LogP contribution in [-0.2, 0) is 9.53 Å². The van der Waals surface area contributed by atoms with E-state index in [-0.39, 0.29) is 37.4 Å². The predicted octanol–water partition coefficient (Wildman–Crippen LogP) is 2.18. The normalized spacial score (nSPS) is 9.86. The number of hydrogen-bond donors (Lipinski definition) is 0. The average molecular weight is 306 g/mol. The van der Waals surface area contributed by atoms with E-state index in [1.165, 1.54) is 35.2 Å². The van der Waals surface area contributed by atoms with Crippen molar-refractivity contribution in [3.8, 4) is 0 Å². The topological polar surface area (TPSA) is 89.8 Å². The molecule has 0 heterocycles. The molecule has 0 bridgehead atoms. The van der Waals surface area contributed by atoms with Crippen molar-refractivity contribution >= 4 is 17.6 Å². The summed E-state index contributed by atoms with van der Waals surface area (Å²) in [5.41, 5.74) is 0.0368. The zero-order valence-corrected chi connectivity index (χ0v) is 12.4. The van der Waals surface area contributed by atoms with Crippen LogP contribution in [0, 0.1) is 10.1 Å². The lowest BCUT2D eigenvalue weighted by molar-refractivity contribution is -0.384. The number of nitro groups is 1. The molecule has 22 heavy (non-hydrogen) atoms. The Bertz CT molecular complexity index is 571. The highest BCUT2D eigenvalue weighted by Gasteiger charge is 2.18. The minimum absolute atomic E-state index is 0.0579. The summed E-state index contributed by atoms with van der Waals surface area (Å²) in [7, 11) is 0. The molecule has 0 fully saturated rings. The van der Waals surface area contributed by atoms with E-state index in [1.807, 2.05) is 0 Å². The zero-order chi connectivity index (χ0) is 16.5. The molecular weight excluding hydrogens is 288 g/mol. The maximum atomic E-state index is 12.4. The van der Waals surface area contributed by atoms with Crippen LogP contribution in [0.5, 0.6) is 0 Å². The lowest BCUT2D eigenvalue weighted by Crippen LogP contribution is -2.33. The minimum atomic E-state index is -0.562. The maximum absolute atomic E-state index is 12.4. The molecular formula is C15H18N2O5. The van der Waals surface area contributed by atoms with Crippen LogP contribution in [0.2, 0.25) is 0 Å². The van der Waals surface area contributed by atoms with Crippen molar-refractivity contribution in [2.24, 2.45) is 0 Å². The van der Waals surface area contributed by atoms with Crippen LogP contribution in [0.25, 0.3) is 0 Å². The number of rotatable bonds is 8. The van der Waals surface area contributed by atoms with Gasteiger partial charge in [0.25, 0.3) is 11.6 Å². The van der Waals surface area contributed by atoms with Gasteiger partial charge >= 0.3 is 5.97 Å². The molecule has 0 N–H and O–H groups in total. The van der Waals surface area contributed by atoms with E-state index in [2.05, 4.69) is 6.58 Å². The summed E-state index contributed by atoms with van der Waals surface area (Å²) in [4.78, 5) is 35.4. The highest BCUT2D eigenvalue weighted by atomic mass is 16.6. The summed E-state index contributed by atoms with van der Waals surface area (Å²) in [6, 6.07) is 5.47. The van der Waals surface area contributed by atoms with Gasteiger partial charge in [0.05, 0.1) is 18.0 Å². The average Bonchev–Trinajstić information content (AvgIpc) is 2.51. The minimum Gasteiger partial charge on any atom is -0.466 e. The van der Waals surface area contributed by atoms with Crippen LogP contribution in [0.15, 0.2) is 36.9 Å². The van der Waals surface area contributed by atoms with Gasteiger partial charge in [-0.05, 0) is 13.0 Å². The SMILES string of the molecule is C=CCN(CCC(=O)OCC)C(=O)c1cccc([N+](=O)[O-])c1. The number of nitrogens with zero attached hydrogens (tertiary/aromatic N) is 2. The molecule has 0 unspecified atom stereocenters. The molecule has 118 valence electrons. The largest absolute Gasteiger partial charge is 0.466 e. The van der Waals surface area contributed by atoms with Crippen molar-refractivity contribution in [1.82, 2.24) is 4.90 Å². The van der Waals surface area contributed by atoms with Crippen LogP contribution in [0.1, 0.15) is 23.7 Å². The van der Waals surface area contributed by atoms with Crippen molar-refractivity contribution in [2.75, 3.05) is 19.7 Å². The van der Waals surface area contributed by atoms with Gasteiger partial charge in [0.15, 0.2) is 0 Å². The van der Waals surface area contributed by atoms with Crippen LogP contribution >= 0.6 is 0 Å². The summed E-state index contributed by atoms with van der Waals surface area (Å²) < 4.78 is 4.81. The first-order valence-electron chi connectivity index (χ1n) is 6.79. The molecule has 0 saturated carbocycles. The Morgan fingerprint density at radius 1 is 1.45 bits per heavy atom. The van der Waals surface area contributed by atoms with Gasteiger partial charge in [0.1, 0.15) is 0 Å². The van der Waals surface area contributed by atoms with E-state index in [1.54, 1.807) is 6.92 Å². The van der Waals surface area contributed by atoms with Crippen molar-refractivity contribution in [2.45, 2.75) is 13.3 Å². The molecule has 1 aromatic carbocycles. The molecule has 0 aliphatic rings. The molecule has 0 saturated heterocycles. The van der Waals surface area contributed by atoms with Gasteiger partial charge in [-0.3, -0.25) is 19.7 Å². The number of carbonyl (C=O) groups is 2. The summed E-state index contributed by atoms with van der Waals surface area (Å²) in [5, 5.41) is 10.8. The molecule has 7 nitrogen and oxygen atoms in total. The summed E-state index contributed by atoms with van der Waals surface area (Å²) in [5.74, 6) is -0.795. The van der Waals surface area contributed by atoms with E-state index in [0.29, 0.717) is 0 Å². The number of carbonyl (C=O) groups excluding carboxylic acids is 2. The number of ether oxygens (including phenoxy) is 1. The van der Waals surface area contributed by atoms with Gasteiger partial charge < -0.3 is 9.64 Å². The lowest BCUT2D eigenvalue weighted by atomic mass is 10.1. The van der Waals surface area contributed by atoms with Crippen molar-refractivity contribution in [1.29, 1.82) is 0 Å². The standard InChI is InChI=1S/C15H18N2O5/c1-3-9-16(10-8-14(18)22-4-2)15(19)12-6-5-7-13(11-12)17(20)21/h3,5-7,11H,1,4,8-10H2,2H3. The number of esters is 1. The van der Waals surface area contributed by atoms with E-state index in [0.717, 1.165) is 0 Å². The zero-order valence-electron chi connectivity index (χ0n) is 12.4. The first-order valence-corrected chi connectivity index (χ1v) is 6.79. The quantitative estimate of drug-likeness (QED) is 0.318. The van der Waals surface area contributed by atoms with Gasteiger partial charge in [-0.15, -0.1) is 6.58 Å². The van der Waals surface area contributed by atoms with E-state index in [9.17, 15) is 19.7 Å². The van der Waals surface area contributed by atoms with Gasteiger partial charge in [-0.25, -0.2) is 0 Å². The van der Waals surface area contributed by atoms with Crippen molar-refractivity contribution in [3.63, 3.8) is 0 Å². The molecule has 1 amide bonds. The van der Waals surface area contributed by atoms with Crippen LogP contribution in [-0.4, -0.2) is 41.4 Å². The second kappa shape index (κ2) is 8.56. The van der Waals surface area contributed by atoms with E-state index >= 15 is 0 Å². The monoisotopic (exact) mass is 306 g/mol. The Labute approximate surface area is 128 Å². The molecule has 0 aromatic heterocycles. The number of non-ortho nitro benzene ring substituents is 1. The first kappa shape index (κ1) is 17.4.